The fourth-order valence-electron chi connectivity index (χ4n) is 1.61. The Labute approximate surface area is 75.7 Å². The lowest BCUT2D eigenvalue weighted by Crippen LogP contribution is -2.65. The van der Waals surface area contributed by atoms with Gasteiger partial charge in [0.15, 0.2) is 0 Å². The van der Waals surface area contributed by atoms with Gasteiger partial charge >= 0.3 is 5.97 Å². The van der Waals surface area contributed by atoms with Crippen molar-refractivity contribution in [3.05, 3.63) is 0 Å². The Hall–Kier alpha value is -1.10. The molecule has 74 valence electrons. The second-order valence-electron chi connectivity index (χ2n) is 3.84. The zero-order valence-corrected chi connectivity index (χ0v) is 7.57. The maximum atomic E-state index is 11.0. The molecule has 0 aliphatic carbocycles. The fraction of sp³-hybridized carbons (Fsp3) is 0.750. The molecule has 5 nitrogen and oxygen atoms in total. The molecule has 1 aliphatic rings. The lowest BCUT2D eigenvalue weighted by molar-refractivity contribution is -0.151. The van der Waals surface area contributed by atoms with Crippen molar-refractivity contribution in [3.8, 4) is 0 Å². The summed E-state index contributed by atoms with van der Waals surface area (Å²) in [5.41, 5.74) is -1.15. The molecule has 13 heavy (non-hydrogen) atoms. The molecular weight excluding hydrogens is 174 g/mol. The lowest BCUT2D eigenvalue weighted by atomic mass is 9.77. The van der Waals surface area contributed by atoms with Crippen molar-refractivity contribution < 1.29 is 19.8 Å². The molecule has 3 N–H and O–H groups in total. The number of aliphatic hydroxyl groups is 1. The number of hydrogen-bond acceptors (Lipinski definition) is 3. The predicted molar refractivity (Wildman–Crippen MR) is 44.0 cm³/mol. The lowest BCUT2D eigenvalue weighted by Gasteiger charge is -2.42. The zero-order valence-electron chi connectivity index (χ0n) is 7.57. The van der Waals surface area contributed by atoms with Crippen LogP contribution in [-0.2, 0) is 9.59 Å². The molecule has 0 radical (unpaired) electrons. The summed E-state index contributed by atoms with van der Waals surface area (Å²) >= 11 is 0. The first kappa shape index (κ1) is 9.98. The molecule has 0 saturated carbocycles. The van der Waals surface area contributed by atoms with Crippen molar-refractivity contribution >= 4 is 11.9 Å². The predicted octanol–water partition coefficient (Wildman–Crippen LogP) is -0.653. The second kappa shape index (κ2) is 2.99. The molecule has 0 bridgehead atoms. The highest BCUT2D eigenvalue weighted by molar-refractivity contribution is 5.88. The summed E-state index contributed by atoms with van der Waals surface area (Å²) in [5, 5.41) is 20.5. The van der Waals surface area contributed by atoms with E-state index in [1.54, 1.807) is 0 Å². The van der Waals surface area contributed by atoms with Gasteiger partial charge in [0.05, 0.1) is 24.0 Å². The Balaban J connectivity index is 2.62. The van der Waals surface area contributed by atoms with Crippen LogP contribution in [-0.4, -0.2) is 33.7 Å². The third-order valence-electron chi connectivity index (χ3n) is 2.17. The molecule has 0 aromatic rings. The molecule has 1 saturated heterocycles. The van der Waals surface area contributed by atoms with E-state index in [9.17, 15) is 14.7 Å². The van der Waals surface area contributed by atoms with E-state index in [-0.39, 0.29) is 12.3 Å². The number of β-lactam (4-membered cyclic amide) rings is 1. The molecule has 1 heterocycles. The number of amides is 1. The zero-order chi connectivity index (χ0) is 10.2. The summed E-state index contributed by atoms with van der Waals surface area (Å²) in [5.74, 6) is -1.86. The van der Waals surface area contributed by atoms with Crippen LogP contribution in [0.3, 0.4) is 0 Å². The van der Waals surface area contributed by atoms with Crippen molar-refractivity contribution in [1.29, 1.82) is 0 Å². The van der Waals surface area contributed by atoms with Gasteiger partial charge in [-0.05, 0) is 13.8 Å². The molecule has 0 spiro atoms. The van der Waals surface area contributed by atoms with Gasteiger partial charge in [0.1, 0.15) is 0 Å². The third kappa shape index (κ3) is 1.98. The molecule has 2 atom stereocenters. The highest BCUT2D eigenvalue weighted by atomic mass is 16.4. The van der Waals surface area contributed by atoms with Crippen LogP contribution in [0.1, 0.15) is 20.3 Å². The Bertz CT molecular complexity index is 243. The Morgan fingerprint density at radius 3 is 2.46 bits per heavy atom. The molecule has 1 fully saturated rings. The average molecular weight is 187 g/mol. The first-order valence-electron chi connectivity index (χ1n) is 4.07. The molecule has 2 unspecified atom stereocenters. The van der Waals surface area contributed by atoms with Gasteiger partial charge in [0, 0.05) is 0 Å². The van der Waals surface area contributed by atoms with Gasteiger partial charge in [-0.3, -0.25) is 9.59 Å². The van der Waals surface area contributed by atoms with Crippen LogP contribution in [0.15, 0.2) is 0 Å². The number of carbonyl (C=O) groups excluding carboxylic acids is 1. The van der Waals surface area contributed by atoms with Gasteiger partial charge in [0.25, 0.3) is 0 Å². The fourth-order valence-corrected chi connectivity index (χ4v) is 1.61. The number of carboxylic acids is 1. The van der Waals surface area contributed by atoms with E-state index >= 15 is 0 Å². The Kier molecular flexibility index (Phi) is 2.30. The van der Waals surface area contributed by atoms with E-state index in [0.29, 0.717) is 0 Å². The summed E-state index contributed by atoms with van der Waals surface area (Å²) < 4.78 is 0. The minimum Gasteiger partial charge on any atom is -0.481 e. The van der Waals surface area contributed by atoms with E-state index in [4.69, 9.17) is 5.11 Å². The second-order valence-corrected chi connectivity index (χ2v) is 3.84. The van der Waals surface area contributed by atoms with Crippen LogP contribution in [0, 0.1) is 5.92 Å². The van der Waals surface area contributed by atoms with Gasteiger partial charge in [-0.2, -0.15) is 0 Å². The molecule has 1 amide bonds. The number of aliphatic carboxylic acids is 1. The minimum atomic E-state index is -1.15. The van der Waals surface area contributed by atoms with Crippen LogP contribution < -0.4 is 5.32 Å². The van der Waals surface area contributed by atoms with Gasteiger partial charge < -0.3 is 15.5 Å². The van der Waals surface area contributed by atoms with Crippen molar-refractivity contribution in [3.63, 3.8) is 0 Å². The van der Waals surface area contributed by atoms with E-state index in [2.05, 4.69) is 5.32 Å². The highest BCUT2D eigenvalue weighted by Gasteiger charge is 2.48. The van der Waals surface area contributed by atoms with E-state index in [0.717, 1.165) is 0 Å². The summed E-state index contributed by atoms with van der Waals surface area (Å²) in [7, 11) is 0. The van der Waals surface area contributed by atoms with Gasteiger partial charge in [-0.25, -0.2) is 0 Å². The van der Waals surface area contributed by atoms with Gasteiger partial charge in [0.2, 0.25) is 5.91 Å². The summed E-state index contributed by atoms with van der Waals surface area (Å²) in [6, 6.07) is -0.440. The van der Waals surface area contributed by atoms with Crippen molar-refractivity contribution in [2.24, 2.45) is 5.92 Å². The molecule has 0 aromatic heterocycles. The van der Waals surface area contributed by atoms with E-state index in [1.165, 1.54) is 13.8 Å². The van der Waals surface area contributed by atoms with Crippen molar-refractivity contribution in [2.75, 3.05) is 0 Å². The molecule has 5 heteroatoms. The first-order valence-corrected chi connectivity index (χ1v) is 4.07. The monoisotopic (exact) mass is 187 g/mol. The topological polar surface area (TPSA) is 86.6 Å². The largest absolute Gasteiger partial charge is 0.481 e. The Morgan fingerprint density at radius 2 is 2.15 bits per heavy atom. The number of nitrogens with one attached hydrogen (secondary N) is 1. The summed E-state index contributed by atoms with van der Waals surface area (Å²) in [6.45, 7) is 3.01. The van der Waals surface area contributed by atoms with E-state index in [1.807, 2.05) is 0 Å². The molecule has 1 aliphatic heterocycles. The summed E-state index contributed by atoms with van der Waals surface area (Å²) in [6.07, 6.45) is -0.138. The highest BCUT2D eigenvalue weighted by Crippen LogP contribution is 2.28. The molecular formula is C8H13NO4. The average Bonchev–Trinajstić information content (AvgIpc) is 1.79. The van der Waals surface area contributed by atoms with Crippen LogP contribution in [0.25, 0.3) is 0 Å². The third-order valence-corrected chi connectivity index (χ3v) is 2.17. The number of carbonyl (C=O) groups is 2. The smallest absolute Gasteiger partial charge is 0.305 e. The summed E-state index contributed by atoms with van der Waals surface area (Å²) in [4.78, 5) is 21.4. The molecule has 1 rings (SSSR count). The van der Waals surface area contributed by atoms with Crippen LogP contribution in [0.2, 0.25) is 0 Å². The number of hydrogen-bond donors (Lipinski definition) is 3. The number of carboxylic acid groups (broad SMARTS) is 1. The van der Waals surface area contributed by atoms with Crippen molar-refractivity contribution in [2.45, 2.75) is 31.9 Å². The van der Waals surface area contributed by atoms with Crippen LogP contribution in [0.5, 0.6) is 0 Å². The Morgan fingerprint density at radius 1 is 1.62 bits per heavy atom. The quantitative estimate of drug-likeness (QED) is 0.512. The van der Waals surface area contributed by atoms with Crippen LogP contribution >= 0.6 is 0 Å². The standard InChI is InChI=1S/C8H13NO4/c1-8(2,13)6-4(3-5(10)11)9-7(6)12/h4,6,13H,3H2,1-2H3,(H,9,12)(H,10,11). The normalized spacial score (nSPS) is 27.8. The van der Waals surface area contributed by atoms with E-state index < -0.39 is 23.5 Å². The van der Waals surface area contributed by atoms with Gasteiger partial charge in [-0.15, -0.1) is 0 Å². The number of rotatable bonds is 3. The SMILES string of the molecule is CC(C)(O)C1C(=O)NC1CC(=O)O. The maximum Gasteiger partial charge on any atom is 0.305 e. The van der Waals surface area contributed by atoms with Gasteiger partial charge in [-0.1, -0.05) is 0 Å². The maximum absolute atomic E-state index is 11.0. The van der Waals surface area contributed by atoms with Crippen molar-refractivity contribution in [1.82, 2.24) is 5.32 Å². The molecule has 0 aromatic carbocycles. The minimum absolute atomic E-state index is 0.138. The van der Waals surface area contributed by atoms with Crippen LogP contribution in [0.4, 0.5) is 0 Å². The first-order chi connectivity index (χ1) is 5.82.